The third-order valence-corrected chi connectivity index (χ3v) is 4.04. The summed E-state index contributed by atoms with van der Waals surface area (Å²) >= 11 is 6.26. The Morgan fingerprint density at radius 3 is 2.73 bits per heavy atom. The van der Waals surface area contributed by atoms with Crippen molar-refractivity contribution in [1.82, 2.24) is 4.90 Å². The van der Waals surface area contributed by atoms with Crippen LogP contribution in [0, 0.1) is 0 Å². The summed E-state index contributed by atoms with van der Waals surface area (Å²) < 4.78 is 5.93. The van der Waals surface area contributed by atoms with Crippen molar-refractivity contribution in [3.05, 3.63) is 17.2 Å². The molecule has 6 heteroatoms. The smallest absolute Gasteiger partial charge is 0.265 e. The number of carbonyl (C=O) groups is 1. The minimum absolute atomic E-state index is 0.0313. The first-order valence-electron chi connectivity index (χ1n) is 7.68. The maximum absolute atomic E-state index is 12.5. The minimum atomic E-state index is -0.491. The van der Waals surface area contributed by atoms with Gasteiger partial charge in [-0.3, -0.25) is 4.79 Å². The van der Waals surface area contributed by atoms with Crippen LogP contribution in [0.3, 0.4) is 0 Å². The lowest BCUT2D eigenvalue weighted by molar-refractivity contribution is -0.138. The predicted molar refractivity (Wildman–Crippen MR) is 91.2 cm³/mol. The topological polar surface area (TPSA) is 44.8 Å². The fraction of sp³-hybridized carbons (Fsp3) is 0.562. The Morgan fingerprint density at radius 1 is 1.41 bits per heavy atom. The summed E-state index contributed by atoms with van der Waals surface area (Å²) in [5.41, 5.74) is 1.70. The van der Waals surface area contributed by atoms with E-state index < -0.39 is 6.10 Å². The van der Waals surface area contributed by atoms with Gasteiger partial charge in [0.2, 0.25) is 0 Å². The Balaban J connectivity index is 2.20. The Morgan fingerprint density at radius 2 is 2.14 bits per heavy atom. The van der Waals surface area contributed by atoms with E-state index in [-0.39, 0.29) is 5.91 Å². The average Bonchev–Trinajstić information content (AvgIpc) is 2.50. The standard InChI is InChI=1S/C16H24ClN3O2/c1-5-7-20(6-2)16(21)15-10-18-12-8-11(17)13(19(3)4)9-14(12)22-15/h8-9,15,18H,5-7,10H2,1-4H3. The maximum atomic E-state index is 12.5. The van der Waals surface area contributed by atoms with E-state index in [1.54, 1.807) is 0 Å². The van der Waals surface area contributed by atoms with Gasteiger partial charge < -0.3 is 19.9 Å². The maximum Gasteiger partial charge on any atom is 0.265 e. The summed E-state index contributed by atoms with van der Waals surface area (Å²) in [6, 6.07) is 3.72. The Kier molecular flexibility index (Phi) is 5.40. The molecule has 0 aliphatic carbocycles. The van der Waals surface area contributed by atoms with Crippen molar-refractivity contribution >= 4 is 28.9 Å². The fourth-order valence-corrected chi connectivity index (χ4v) is 2.89. The number of nitrogens with zero attached hydrogens (tertiary/aromatic N) is 2. The first kappa shape index (κ1) is 16.7. The predicted octanol–water partition coefficient (Wildman–Crippen LogP) is 2.84. The molecule has 122 valence electrons. The van der Waals surface area contributed by atoms with Crippen LogP contribution in [0.4, 0.5) is 11.4 Å². The lowest BCUT2D eigenvalue weighted by atomic mass is 10.2. The lowest BCUT2D eigenvalue weighted by Gasteiger charge is -2.31. The van der Waals surface area contributed by atoms with E-state index >= 15 is 0 Å². The molecule has 1 amide bonds. The van der Waals surface area contributed by atoms with Crippen LogP contribution in [-0.4, -0.2) is 50.6 Å². The quantitative estimate of drug-likeness (QED) is 0.904. The van der Waals surface area contributed by atoms with Gasteiger partial charge in [-0.25, -0.2) is 0 Å². The van der Waals surface area contributed by atoms with Crippen molar-refractivity contribution in [2.24, 2.45) is 0 Å². The van der Waals surface area contributed by atoms with Crippen molar-refractivity contribution in [2.75, 3.05) is 43.9 Å². The molecule has 1 N–H and O–H groups in total. The van der Waals surface area contributed by atoms with Crippen LogP contribution < -0.4 is 15.0 Å². The van der Waals surface area contributed by atoms with Gasteiger partial charge in [0.1, 0.15) is 5.75 Å². The highest BCUT2D eigenvalue weighted by Gasteiger charge is 2.29. The van der Waals surface area contributed by atoms with Gasteiger partial charge in [0.25, 0.3) is 5.91 Å². The van der Waals surface area contributed by atoms with Crippen LogP contribution in [0.2, 0.25) is 5.02 Å². The van der Waals surface area contributed by atoms with E-state index in [1.807, 2.05) is 43.0 Å². The monoisotopic (exact) mass is 325 g/mol. The Labute approximate surface area is 137 Å². The summed E-state index contributed by atoms with van der Waals surface area (Å²) in [6.45, 7) is 5.97. The van der Waals surface area contributed by atoms with Crippen molar-refractivity contribution in [1.29, 1.82) is 0 Å². The number of ether oxygens (including phenoxy) is 1. The van der Waals surface area contributed by atoms with E-state index in [2.05, 4.69) is 12.2 Å². The molecule has 1 aromatic carbocycles. The fourth-order valence-electron chi connectivity index (χ4n) is 2.55. The van der Waals surface area contributed by atoms with E-state index in [9.17, 15) is 4.79 Å². The van der Waals surface area contributed by atoms with E-state index in [4.69, 9.17) is 16.3 Å². The van der Waals surface area contributed by atoms with Gasteiger partial charge in [-0.1, -0.05) is 18.5 Å². The van der Waals surface area contributed by atoms with Gasteiger partial charge in [0, 0.05) is 33.3 Å². The summed E-state index contributed by atoms with van der Waals surface area (Å²) in [6.07, 6.45) is 0.451. The van der Waals surface area contributed by atoms with Gasteiger partial charge in [0.15, 0.2) is 6.10 Å². The summed E-state index contributed by atoms with van der Waals surface area (Å²) in [5.74, 6) is 0.703. The number of carbonyl (C=O) groups excluding carboxylic acids is 1. The highest BCUT2D eigenvalue weighted by atomic mass is 35.5. The summed E-state index contributed by atoms with van der Waals surface area (Å²) in [4.78, 5) is 16.3. The molecular weight excluding hydrogens is 302 g/mol. The summed E-state index contributed by atoms with van der Waals surface area (Å²) in [7, 11) is 3.85. The van der Waals surface area contributed by atoms with Crippen LogP contribution in [0.15, 0.2) is 12.1 Å². The van der Waals surface area contributed by atoms with Gasteiger partial charge in [-0.15, -0.1) is 0 Å². The molecule has 0 saturated carbocycles. The highest BCUT2D eigenvalue weighted by molar-refractivity contribution is 6.33. The van der Waals surface area contributed by atoms with Crippen molar-refractivity contribution in [3.63, 3.8) is 0 Å². The third-order valence-electron chi connectivity index (χ3n) is 3.74. The second kappa shape index (κ2) is 7.09. The largest absolute Gasteiger partial charge is 0.476 e. The van der Waals surface area contributed by atoms with Gasteiger partial charge in [-0.2, -0.15) is 0 Å². The molecule has 0 bridgehead atoms. The SMILES string of the molecule is CCCN(CC)C(=O)C1CNc2cc(Cl)c(N(C)C)cc2O1. The molecule has 1 aliphatic rings. The molecular formula is C16H24ClN3O2. The van der Waals surface area contributed by atoms with Crippen LogP contribution in [0.25, 0.3) is 0 Å². The molecule has 1 heterocycles. The number of nitrogens with one attached hydrogen (secondary N) is 1. The van der Waals surface area contributed by atoms with Crippen LogP contribution in [0.5, 0.6) is 5.75 Å². The molecule has 1 unspecified atom stereocenters. The minimum Gasteiger partial charge on any atom is -0.476 e. The number of benzene rings is 1. The second-order valence-corrected chi connectivity index (χ2v) is 6.01. The first-order valence-corrected chi connectivity index (χ1v) is 8.05. The lowest BCUT2D eigenvalue weighted by Crippen LogP contribution is -2.47. The number of halogens is 1. The molecule has 2 rings (SSSR count). The molecule has 1 aromatic rings. The first-order chi connectivity index (χ1) is 10.5. The van der Waals surface area contributed by atoms with Crippen molar-refractivity contribution < 1.29 is 9.53 Å². The normalized spacial score (nSPS) is 16.3. The molecule has 0 aromatic heterocycles. The number of hydrogen-bond acceptors (Lipinski definition) is 4. The highest BCUT2D eigenvalue weighted by Crippen LogP contribution is 2.38. The van der Waals surface area contributed by atoms with E-state index in [0.717, 1.165) is 24.3 Å². The van der Waals surface area contributed by atoms with Gasteiger partial charge >= 0.3 is 0 Å². The molecule has 0 spiro atoms. The number of hydrogen-bond donors (Lipinski definition) is 1. The summed E-state index contributed by atoms with van der Waals surface area (Å²) in [5, 5.41) is 3.90. The van der Waals surface area contributed by atoms with Crippen LogP contribution >= 0.6 is 11.6 Å². The number of fused-ring (bicyclic) bond motifs is 1. The Hall–Kier alpha value is -1.62. The number of likely N-dealkylation sites (N-methyl/N-ethyl adjacent to an activating group) is 1. The molecule has 0 fully saturated rings. The van der Waals surface area contributed by atoms with E-state index in [1.165, 1.54) is 0 Å². The molecule has 1 atom stereocenters. The number of amides is 1. The number of anilines is 2. The average molecular weight is 326 g/mol. The van der Waals surface area contributed by atoms with Crippen LogP contribution in [0.1, 0.15) is 20.3 Å². The van der Waals surface area contributed by atoms with Crippen molar-refractivity contribution in [2.45, 2.75) is 26.4 Å². The molecule has 0 radical (unpaired) electrons. The zero-order valence-electron chi connectivity index (χ0n) is 13.6. The Bertz CT molecular complexity index is 548. The third kappa shape index (κ3) is 3.40. The van der Waals surface area contributed by atoms with Crippen molar-refractivity contribution in [3.8, 4) is 5.75 Å². The van der Waals surface area contributed by atoms with E-state index in [0.29, 0.717) is 23.9 Å². The van der Waals surface area contributed by atoms with Gasteiger partial charge in [-0.05, 0) is 19.4 Å². The zero-order chi connectivity index (χ0) is 16.3. The zero-order valence-corrected chi connectivity index (χ0v) is 14.4. The molecule has 1 aliphatic heterocycles. The van der Waals surface area contributed by atoms with Crippen LogP contribution in [-0.2, 0) is 4.79 Å². The molecule has 0 saturated heterocycles. The second-order valence-electron chi connectivity index (χ2n) is 5.60. The molecule has 22 heavy (non-hydrogen) atoms. The number of rotatable bonds is 5. The van der Waals surface area contributed by atoms with Gasteiger partial charge in [0.05, 0.1) is 22.9 Å². The molecule has 5 nitrogen and oxygen atoms in total.